The lowest BCUT2D eigenvalue weighted by molar-refractivity contribution is -0.116. The fraction of sp³-hybridized carbons (Fsp3) is 0.368. The van der Waals surface area contributed by atoms with Crippen LogP contribution in [0.3, 0.4) is 0 Å². The van der Waals surface area contributed by atoms with Crippen LogP contribution in [0.4, 0.5) is 5.69 Å². The average Bonchev–Trinajstić information content (AvgIpc) is 3.21. The van der Waals surface area contributed by atoms with Crippen LogP contribution >= 0.6 is 22.9 Å². The van der Waals surface area contributed by atoms with E-state index in [9.17, 15) is 18.0 Å². The van der Waals surface area contributed by atoms with Gasteiger partial charge in [0.1, 0.15) is 4.21 Å². The smallest absolute Gasteiger partial charge is 0.264 e. The number of hydrogen-bond acceptors (Lipinski definition) is 6. The molecule has 2 aromatic rings. The SMILES string of the molecule is Cc1cc(Cl)ccc1NC(=O)CN(C)S(=O)(=O)c1ccc(C(=O)N2CCOCC2)s1. The van der Waals surface area contributed by atoms with Crippen LogP contribution in [0.1, 0.15) is 15.2 Å². The van der Waals surface area contributed by atoms with Crippen LogP contribution in [0.5, 0.6) is 0 Å². The number of halogens is 1. The normalized spacial score (nSPS) is 14.7. The minimum atomic E-state index is -3.91. The van der Waals surface area contributed by atoms with Crippen LogP contribution in [-0.2, 0) is 19.6 Å². The lowest BCUT2D eigenvalue weighted by Gasteiger charge is -2.26. The van der Waals surface area contributed by atoms with Gasteiger partial charge in [-0.15, -0.1) is 11.3 Å². The summed E-state index contributed by atoms with van der Waals surface area (Å²) >= 11 is 6.80. The van der Waals surface area contributed by atoms with Crippen molar-refractivity contribution in [2.75, 3.05) is 45.2 Å². The molecule has 1 fully saturated rings. The zero-order valence-electron chi connectivity index (χ0n) is 16.6. The van der Waals surface area contributed by atoms with Crippen molar-refractivity contribution in [1.82, 2.24) is 9.21 Å². The van der Waals surface area contributed by atoms with E-state index < -0.39 is 15.9 Å². The summed E-state index contributed by atoms with van der Waals surface area (Å²) in [5.41, 5.74) is 1.33. The van der Waals surface area contributed by atoms with E-state index >= 15 is 0 Å². The molecule has 0 aliphatic carbocycles. The molecule has 2 heterocycles. The highest BCUT2D eigenvalue weighted by Crippen LogP contribution is 2.26. The van der Waals surface area contributed by atoms with Crippen molar-refractivity contribution in [3.05, 3.63) is 45.8 Å². The number of benzene rings is 1. The number of sulfonamides is 1. The molecule has 1 aromatic carbocycles. The van der Waals surface area contributed by atoms with Gasteiger partial charge in [0.15, 0.2) is 0 Å². The summed E-state index contributed by atoms with van der Waals surface area (Å²) in [5, 5.41) is 3.23. The summed E-state index contributed by atoms with van der Waals surface area (Å²) in [6, 6.07) is 7.90. The van der Waals surface area contributed by atoms with Crippen molar-refractivity contribution in [2.45, 2.75) is 11.1 Å². The Hall–Kier alpha value is -1.98. The van der Waals surface area contributed by atoms with Crippen molar-refractivity contribution < 1.29 is 22.7 Å². The van der Waals surface area contributed by atoms with Gasteiger partial charge >= 0.3 is 0 Å². The van der Waals surface area contributed by atoms with Crippen LogP contribution in [0.2, 0.25) is 5.02 Å². The van der Waals surface area contributed by atoms with Gasteiger partial charge in [-0.3, -0.25) is 9.59 Å². The Morgan fingerprint density at radius 1 is 1.23 bits per heavy atom. The molecule has 0 saturated carbocycles. The number of aryl methyl sites for hydroxylation is 1. The minimum Gasteiger partial charge on any atom is -0.378 e. The first-order valence-corrected chi connectivity index (χ1v) is 11.8. The second kappa shape index (κ2) is 9.44. The Bertz CT molecular complexity index is 1050. The molecular weight excluding hydrogens is 450 g/mol. The van der Waals surface area contributed by atoms with Gasteiger partial charge in [-0.2, -0.15) is 4.31 Å². The molecule has 8 nitrogen and oxygen atoms in total. The van der Waals surface area contributed by atoms with E-state index in [1.807, 2.05) is 0 Å². The number of rotatable bonds is 6. The summed E-state index contributed by atoms with van der Waals surface area (Å²) < 4.78 is 31.9. The largest absolute Gasteiger partial charge is 0.378 e. The van der Waals surface area contributed by atoms with Crippen LogP contribution in [0, 0.1) is 6.92 Å². The third kappa shape index (κ3) is 5.19. The standard InChI is InChI=1S/C19H22ClN3O5S2/c1-13-11-14(20)3-4-15(13)21-17(24)12-22(2)30(26,27)18-6-5-16(29-18)19(25)23-7-9-28-10-8-23/h3-6,11H,7-10,12H2,1-2H3,(H,21,24). The van der Waals surface area contributed by atoms with Crippen molar-refractivity contribution in [3.8, 4) is 0 Å². The molecule has 30 heavy (non-hydrogen) atoms. The van der Waals surface area contributed by atoms with Crippen LogP contribution in [0.15, 0.2) is 34.5 Å². The molecule has 1 N–H and O–H groups in total. The van der Waals surface area contributed by atoms with Gasteiger partial charge in [0.2, 0.25) is 5.91 Å². The number of morpholine rings is 1. The molecule has 1 aliphatic heterocycles. The Morgan fingerprint density at radius 3 is 2.60 bits per heavy atom. The zero-order valence-corrected chi connectivity index (χ0v) is 18.9. The van der Waals surface area contributed by atoms with E-state index in [2.05, 4.69) is 5.32 Å². The molecule has 1 saturated heterocycles. The zero-order chi connectivity index (χ0) is 21.9. The lowest BCUT2D eigenvalue weighted by Crippen LogP contribution is -2.40. The lowest BCUT2D eigenvalue weighted by atomic mass is 10.2. The first-order chi connectivity index (χ1) is 14.2. The van der Waals surface area contributed by atoms with E-state index in [4.69, 9.17) is 16.3 Å². The molecule has 2 amide bonds. The van der Waals surface area contributed by atoms with E-state index in [1.54, 1.807) is 30.0 Å². The molecule has 0 radical (unpaired) electrons. The fourth-order valence-corrected chi connectivity index (χ4v) is 5.73. The van der Waals surface area contributed by atoms with E-state index in [0.29, 0.717) is 41.9 Å². The number of nitrogens with zero attached hydrogens (tertiary/aromatic N) is 2. The second-order valence-corrected chi connectivity index (χ2v) is 10.6. The summed E-state index contributed by atoms with van der Waals surface area (Å²) in [5.74, 6) is -0.698. The van der Waals surface area contributed by atoms with Crippen LogP contribution < -0.4 is 5.32 Å². The molecule has 0 spiro atoms. The third-order valence-electron chi connectivity index (χ3n) is 4.58. The van der Waals surface area contributed by atoms with Gasteiger partial charge in [0.25, 0.3) is 15.9 Å². The predicted octanol–water partition coefficient (Wildman–Crippen LogP) is 2.44. The number of likely N-dealkylation sites (N-methyl/N-ethyl adjacent to an activating group) is 1. The maximum atomic E-state index is 12.8. The highest BCUT2D eigenvalue weighted by Gasteiger charge is 2.27. The first kappa shape index (κ1) is 22.7. The van der Waals surface area contributed by atoms with Gasteiger partial charge < -0.3 is 15.0 Å². The molecule has 3 rings (SSSR count). The third-order valence-corrected chi connectivity index (χ3v) is 8.16. The molecule has 0 unspecified atom stereocenters. The van der Waals surface area contributed by atoms with Crippen LogP contribution in [-0.4, -0.2) is 69.3 Å². The number of hydrogen-bond donors (Lipinski definition) is 1. The van der Waals surface area contributed by atoms with Gasteiger partial charge in [-0.05, 0) is 42.8 Å². The topological polar surface area (TPSA) is 96.0 Å². The minimum absolute atomic E-state index is 0.0112. The molecule has 1 aliphatic rings. The molecule has 11 heteroatoms. The predicted molar refractivity (Wildman–Crippen MR) is 116 cm³/mol. The quantitative estimate of drug-likeness (QED) is 0.698. The number of carbonyl (C=O) groups excluding carboxylic acids is 2. The van der Waals surface area contributed by atoms with E-state index in [1.165, 1.54) is 19.2 Å². The molecule has 1 aromatic heterocycles. The highest BCUT2D eigenvalue weighted by molar-refractivity contribution is 7.91. The van der Waals surface area contributed by atoms with Crippen molar-refractivity contribution in [3.63, 3.8) is 0 Å². The summed E-state index contributed by atoms with van der Waals surface area (Å²) in [6.07, 6.45) is 0. The summed E-state index contributed by atoms with van der Waals surface area (Å²) in [4.78, 5) is 26.9. The van der Waals surface area contributed by atoms with Crippen molar-refractivity contribution in [1.29, 1.82) is 0 Å². The number of nitrogens with one attached hydrogen (secondary N) is 1. The van der Waals surface area contributed by atoms with E-state index in [0.717, 1.165) is 21.2 Å². The van der Waals surface area contributed by atoms with Crippen molar-refractivity contribution >= 4 is 50.5 Å². The second-order valence-electron chi connectivity index (χ2n) is 6.79. The molecular formula is C19H22ClN3O5S2. The Morgan fingerprint density at radius 2 is 1.93 bits per heavy atom. The summed E-state index contributed by atoms with van der Waals surface area (Å²) in [6.45, 7) is 3.31. The molecule has 162 valence electrons. The first-order valence-electron chi connectivity index (χ1n) is 9.17. The Kier molecular flexibility index (Phi) is 7.14. The number of anilines is 1. The van der Waals surface area contributed by atoms with Crippen molar-refractivity contribution in [2.24, 2.45) is 0 Å². The Balaban J connectivity index is 1.66. The van der Waals surface area contributed by atoms with Crippen LogP contribution in [0.25, 0.3) is 0 Å². The number of ether oxygens (including phenoxy) is 1. The number of carbonyl (C=O) groups is 2. The van der Waals surface area contributed by atoms with Gasteiger partial charge in [0.05, 0.1) is 24.6 Å². The summed E-state index contributed by atoms with van der Waals surface area (Å²) in [7, 11) is -2.59. The Labute approximate surface area is 184 Å². The molecule has 0 atom stereocenters. The molecule has 0 bridgehead atoms. The number of thiophene rings is 1. The van der Waals surface area contributed by atoms with Gasteiger partial charge in [0, 0.05) is 30.8 Å². The fourth-order valence-electron chi connectivity index (χ4n) is 2.89. The van der Waals surface area contributed by atoms with Gasteiger partial charge in [-0.25, -0.2) is 8.42 Å². The highest BCUT2D eigenvalue weighted by atomic mass is 35.5. The van der Waals surface area contributed by atoms with E-state index in [-0.39, 0.29) is 16.7 Å². The van der Waals surface area contributed by atoms with Gasteiger partial charge in [-0.1, -0.05) is 11.6 Å². The number of amides is 2. The monoisotopic (exact) mass is 471 g/mol. The average molecular weight is 472 g/mol. The maximum Gasteiger partial charge on any atom is 0.264 e. The maximum absolute atomic E-state index is 12.8.